The zero-order valence-electron chi connectivity index (χ0n) is 15.3. The Morgan fingerprint density at radius 1 is 0.857 bits per heavy atom. The molecule has 0 unspecified atom stereocenters. The lowest BCUT2D eigenvalue weighted by atomic mass is 9.93. The van der Waals surface area contributed by atoms with Crippen LogP contribution in [0.15, 0.2) is 90.7 Å². The normalized spacial score (nSPS) is 16.7. The van der Waals surface area contributed by atoms with Crippen LogP contribution in [0.3, 0.4) is 0 Å². The van der Waals surface area contributed by atoms with Crippen LogP contribution in [0.25, 0.3) is 5.57 Å². The van der Waals surface area contributed by atoms with E-state index in [2.05, 4.69) is 0 Å². The number of aliphatic hydroxyl groups excluding tert-OH is 1. The highest BCUT2D eigenvalue weighted by atomic mass is 19.1. The molecule has 4 heteroatoms. The Balaban J connectivity index is 1.72. The molecule has 1 N–H and O–H groups in total. The standard InChI is InChI=1S/C24H20FNO2/c25-20-13-11-18(12-14-20)21-22(19-9-5-2-6-10-19)26(24(28)23(21)27)16-15-17-7-3-1-4-8-17/h1-14,22,27H,15-16H2/t22-/m0/s1. The van der Waals surface area contributed by atoms with Crippen molar-refractivity contribution in [1.82, 2.24) is 4.90 Å². The zero-order chi connectivity index (χ0) is 19.5. The number of carbonyl (C=O) groups is 1. The van der Waals surface area contributed by atoms with Gasteiger partial charge >= 0.3 is 0 Å². The van der Waals surface area contributed by atoms with E-state index in [-0.39, 0.29) is 11.6 Å². The molecule has 1 amide bonds. The van der Waals surface area contributed by atoms with Crippen LogP contribution in [-0.2, 0) is 11.2 Å². The van der Waals surface area contributed by atoms with Gasteiger partial charge in [0.2, 0.25) is 0 Å². The summed E-state index contributed by atoms with van der Waals surface area (Å²) in [5.74, 6) is -1.03. The number of amides is 1. The molecule has 0 saturated heterocycles. The van der Waals surface area contributed by atoms with Gasteiger partial charge in [0.25, 0.3) is 5.91 Å². The minimum atomic E-state index is -0.414. The second-order valence-electron chi connectivity index (χ2n) is 6.82. The number of benzene rings is 3. The molecule has 0 radical (unpaired) electrons. The summed E-state index contributed by atoms with van der Waals surface area (Å²) in [6.45, 7) is 0.469. The van der Waals surface area contributed by atoms with Crippen molar-refractivity contribution in [2.24, 2.45) is 0 Å². The van der Waals surface area contributed by atoms with Crippen LogP contribution in [0.1, 0.15) is 22.7 Å². The van der Waals surface area contributed by atoms with Gasteiger partial charge in [-0.05, 0) is 35.2 Å². The maximum atomic E-state index is 13.4. The Hall–Kier alpha value is -3.40. The first-order valence-corrected chi connectivity index (χ1v) is 9.24. The molecule has 0 saturated carbocycles. The number of rotatable bonds is 5. The van der Waals surface area contributed by atoms with E-state index in [0.29, 0.717) is 24.1 Å². The van der Waals surface area contributed by atoms with E-state index in [9.17, 15) is 14.3 Å². The maximum absolute atomic E-state index is 13.4. The number of aliphatic hydroxyl groups is 1. The van der Waals surface area contributed by atoms with Crippen molar-refractivity contribution < 1.29 is 14.3 Å². The van der Waals surface area contributed by atoms with Gasteiger partial charge in [-0.25, -0.2) is 4.39 Å². The second-order valence-corrected chi connectivity index (χ2v) is 6.82. The van der Waals surface area contributed by atoms with E-state index in [4.69, 9.17) is 0 Å². The molecule has 3 aromatic carbocycles. The average molecular weight is 373 g/mol. The summed E-state index contributed by atoms with van der Waals surface area (Å²) in [5, 5.41) is 10.7. The second kappa shape index (κ2) is 7.69. The third-order valence-electron chi connectivity index (χ3n) is 5.06. The predicted octanol–water partition coefficient (Wildman–Crippen LogP) is 4.92. The minimum absolute atomic E-state index is 0.270. The SMILES string of the molecule is O=C1C(O)=C(c2ccc(F)cc2)[C@H](c2ccccc2)N1CCc1ccccc1. The number of halogens is 1. The lowest BCUT2D eigenvalue weighted by Crippen LogP contribution is -2.32. The van der Waals surface area contributed by atoms with Crippen LogP contribution in [-0.4, -0.2) is 22.5 Å². The molecule has 0 aromatic heterocycles. The molecule has 0 aliphatic carbocycles. The number of hydrogen-bond donors (Lipinski definition) is 1. The van der Waals surface area contributed by atoms with Gasteiger partial charge in [-0.1, -0.05) is 72.8 Å². The van der Waals surface area contributed by atoms with Crippen LogP contribution in [0.2, 0.25) is 0 Å². The molecule has 3 aromatic rings. The largest absolute Gasteiger partial charge is 0.503 e. The first-order chi connectivity index (χ1) is 13.6. The summed E-state index contributed by atoms with van der Waals surface area (Å²) in [5.41, 5.74) is 3.19. The first kappa shape index (κ1) is 18.0. The van der Waals surface area contributed by atoms with Gasteiger partial charge in [0.15, 0.2) is 5.76 Å². The van der Waals surface area contributed by atoms with Gasteiger partial charge < -0.3 is 10.0 Å². The molecular formula is C24H20FNO2. The summed E-state index contributed by atoms with van der Waals surface area (Å²) in [7, 11) is 0. The Kier molecular flexibility index (Phi) is 4.94. The smallest absolute Gasteiger partial charge is 0.289 e. The molecule has 28 heavy (non-hydrogen) atoms. The number of nitrogens with zero attached hydrogens (tertiary/aromatic N) is 1. The molecule has 1 aliphatic heterocycles. The van der Waals surface area contributed by atoms with Gasteiger partial charge in [0.05, 0.1) is 6.04 Å². The van der Waals surface area contributed by atoms with Gasteiger partial charge in [-0.2, -0.15) is 0 Å². The molecule has 0 bridgehead atoms. The van der Waals surface area contributed by atoms with Crippen LogP contribution in [0.4, 0.5) is 4.39 Å². The van der Waals surface area contributed by atoms with Crippen LogP contribution in [0.5, 0.6) is 0 Å². The van der Waals surface area contributed by atoms with Gasteiger partial charge in [0, 0.05) is 12.1 Å². The Labute approximate surface area is 163 Å². The summed E-state index contributed by atoms with van der Waals surface area (Å²) in [6, 6.07) is 25.0. The van der Waals surface area contributed by atoms with Gasteiger partial charge in [0.1, 0.15) is 5.82 Å². The predicted molar refractivity (Wildman–Crippen MR) is 107 cm³/mol. The van der Waals surface area contributed by atoms with E-state index in [1.54, 1.807) is 17.0 Å². The third kappa shape index (κ3) is 3.41. The van der Waals surface area contributed by atoms with E-state index in [0.717, 1.165) is 11.1 Å². The molecule has 4 rings (SSSR count). The average Bonchev–Trinajstić information content (AvgIpc) is 2.99. The summed E-state index contributed by atoms with van der Waals surface area (Å²) in [4.78, 5) is 14.6. The summed E-state index contributed by atoms with van der Waals surface area (Å²) < 4.78 is 13.4. The fraction of sp³-hybridized carbons (Fsp3) is 0.125. The molecule has 0 spiro atoms. The Morgan fingerprint density at radius 3 is 2.11 bits per heavy atom. The highest BCUT2D eigenvalue weighted by molar-refractivity contribution is 6.05. The van der Waals surface area contributed by atoms with E-state index < -0.39 is 11.9 Å². The summed E-state index contributed by atoms with van der Waals surface area (Å²) in [6.07, 6.45) is 0.680. The van der Waals surface area contributed by atoms with Crippen LogP contribution in [0, 0.1) is 5.82 Å². The number of hydrogen-bond acceptors (Lipinski definition) is 2. The zero-order valence-corrected chi connectivity index (χ0v) is 15.3. The van der Waals surface area contributed by atoms with Crippen molar-refractivity contribution in [2.45, 2.75) is 12.5 Å². The molecule has 140 valence electrons. The van der Waals surface area contributed by atoms with E-state index >= 15 is 0 Å². The molecule has 1 atom stereocenters. The molecule has 3 nitrogen and oxygen atoms in total. The van der Waals surface area contributed by atoms with Crippen molar-refractivity contribution in [3.05, 3.63) is 113 Å². The van der Waals surface area contributed by atoms with Crippen LogP contribution < -0.4 is 0 Å². The maximum Gasteiger partial charge on any atom is 0.289 e. The van der Waals surface area contributed by atoms with Crippen molar-refractivity contribution in [2.75, 3.05) is 6.54 Å². The van der Waals surface area contributed by atoms with Crippen molar-refractivity contribution in [1.29, 1.82) is 0 Å². The van der Waals surface area contributed by atoms with E-state index in [1.807, 2.05) is 60.7 Å². The lowest BCUT2D eigenvalue weighted by molar-refractivity contribution is -0.129. The fourth-order valence-electron chi connectivity index (χ4n) is 3.68. The highest BCUT2D eigenvalue weighted by Crippen LogP contribution is 2.42. The molecular weight excluding hydrogens is 353 g/mol. The quantitative estimate of drug-likeness (QED) is 0.690. The monoisotopic (exact) mass is 373 g/mol. The molecule has 0 fully saturated rings. The third-order valence-corrected chi connectivity index (χ3v) is 5.06. The topological polar surface area (TPSA) is 40.5 Å². The van der Waals surface area contributed by atoms with Gasteiger partial charge in [-0.3, -0.25) is 4.79 Å². The lowest BCUT2D eigenvalue weighted by Gasteiger charge is -2.27. The molecule has 1 heterocycles. The Bertz CT molecular complexity index is 998. The Morgan fingerprint density at radius 2 is 1.46 bits per heavy atom. The van der Waals surface area contributed by atoms with Crippen molar-refractivity contribution in [3.63, 3.8) is 0 Å². The summed E-state index contributed by atoms with van der Waals surface area (Å²) >= 11 is 0. The number of carbonyl (C=O) groups excluding carboxylic acids is 1. The molecule has 1 aliphatic rings. The first-order valence-electron chi connectivity index (χ1n) is 9.24. The van der Waals surface area contributed by atoms with Crippen LogP contribution >= 0.6 is 0 Å². The minimum Gasteiger partial charge on any atom is -0.503 e. The van der Waals surface area contributed by atoms with Crippen molar-refractivity contribution >= 4 is 11.5 Å². The fourth-order valence-corrected chi connectivity index (χ4v) is 3.68. The van der Waals surface area contributed by atoms with Crippen molar-refractivity contribution in [3.8, 4) is 0 Å². The highest BCUT2D eigenvalue weighted by Gasteiger charge is 2.40. The van der Waals surface area contributed by atoms with E-state index in [1.165, 1.54) is 12.1 Å². The van der Waals surface area contributed by atoms with Gasteiger partial charge in [-0.15, -0.1) is 0 Å².